The second-order valence-electron chi connectivity index (χ2n) is 5.32. The first kappa shape index (κ1) is 15.8. The molecule has 0 unspecified atom stereocenters. The molecule has 0 bridgehead atoms. The minimum Gasteiger partial charge on any atom is -0.352 e. The number of carbonyl (C=O) groups excluding carboxylic acids is 1. The van der Waals surface area contributed by atoms with Crippen LogP contribution in [0.15, 0.2) is 24.5 Å². The van der Waals surface area contributed by atoms with Gasteiger partial charge in [0.25, 0.3) is 0 Å². The van der Waals surface area contributed by atoms with E-state index in [1.807, 2.05) is 0 Å². The third-order valence-corrected chi connectivity index (χ3v) is 3.60. The highest BCUT2D eigenvalue weighted by molar-refractivity contribution is 5.73. The van der Waals surface area contributed by atoms with Crippen LogP contribution in [0.5, 0.6) is 0 Å². The third kappa shape index (κ3) is 4.42. The molecule has 1 amide bonds. The van der Waals surface area contributed by atoms with Crippen molar-refractivity contribution in [2.75, 3.05) is 6.54 Å². The maximum Gasteiger partial charge on any atom is 0.404 e. The van der Waals surface area contributed by atoms with Crippen molar-refractivity contribution < 1.29 is 18.0 Å². The summed E-state index contributed by atoms with van der Waals surface area (Å²) in [6.07, 6.45) is -0.787. The Kier molecular flexibility index (Phi) is 4.82. The second kappa shape index (κ2) is 6.43. The molecule has 1 aliphatic rings. The van der Waals surface area contributed by atoms with Crippen molar-refractivity contribution >= 4 is 5.91 Å². The number of alkyl halides is 3. The predicted molar refractivity (Wildman–Crippen MR) is 71.3 cm³/mol. The number of halogens is 3. The van der Waals surface area contributed by atoms with Crippen molar-refractivity contribution in [2.24, 2.45) is 0 Å². The van der Waals surface area contributed by atoms with Crippen LogP contribution in [0.3, 0.4) is 0 Å². The fourth-order valence-electron chi connectivity index (χ4n) is 2.72. The summed E-state index contributed by atoms with van der Waals surface area (Å²) in [7, 11) is 0. The maximum atomic E-state index is 13.1. The lowest BCUT2D eigenvalue weighted by Crippen LogP contribution is -2.55. The van der Waals surface area contributed by atoms with Crippen molar-refractivity contribution in [3.63, 3.8) is 0 Å². The largest absolute Gasteiger partial charge is 0.404 e. The lowest BCUT2D eigenvalue weighted by molar-refractivity contribution is -0.194. The highest BCUT2D eigenvalue weighted by atomic mass is 19.4. The Bertz CT molecular complexity index is 478. The molecule has 0 saturated carbocycles. The molecule has 1 N–H and O–H groups in total. The molecule has 21 heavy (non-hydrogen) atoms. The van der Waals surface area contributed by atoms with Crippen LogP contribution in [0.25, 0.3) is 0 Å². The number of nitrogens with one attached hydrogen (secondary N) is 1. The Morgan fingerprint density at radius 3 is 2.62 bits per heavy atom. The quantitative estimate of drug-likeness (QED) is 0.930. The lowest BCUT2D eigenvalue weighted by Gasteiger charge is -2.40. The summed E-state index contributed by atoms with van der Waals surface area (Å²) in [5.74, 6) is -0.214. The topological polar surface area (TPSA) is 45.2 Å². The van der Waals surface area contributed by atoms with E-state index < -0.39 is 12.2 Å². The fraction of sp³-hybridized carbons (Fsp3) is 0.571. The van der Waals surface area contributed by atoms with E-state index in [9.17, 15) is 18.0 Å². The average Bonchev–Trinajstić information content (AvgIpc) is 2.38. The number of nitrogens with zero attached hydrogens (tertiary/aromatic N) is 2. The molecule has 2 atom stereocenters. The molecule has 1 saturated heterocycles. The minimum atomic E-state index is -4.26. The first-order valence-electron chi connectivity index (χ1n) is 6.83. The number of aromatic nitrogens is 1. The van der Waals surface area contributed by atoms with E-state index in [0.29, 0.717) is 6.42 Å². The molecule has 1 fully saturated rings. The predicted octanol–water partition coefficient (Wildman–Crippen LogP) is 2.11. The van der Waals surface area contributed by atoms with Crippen LogP contribution in [-0.4, -0.2) is 40.6 Å². The monoisotopic (exact) mass is 301 g/mol. The van der Waals surface area contributed by atoms with Gasteiger partial charge in [0.2, 0.25) is 5.91 Å². The van der Waals surface area contributed by atoms with Gasteiger partial charge in [0.1, 0.15) is 6.04 Å². The van der Waals surface area contributed by atoms with Gasteiger partial charge in [-0.25, -0.2) is 0 Å². The van der Waals surface area contributed by atoms with Gasteiger partial charge in [0.15, 0.2) is 0 Å². The van der Waals surface area contributed by atoms with Gasteiger partial charge >= 0.3 is 6.18 Å². The first-order valence-corrected chi connectivity index (χ1v) is 6.83. The van der Waals surface area contributed by atoms with Crippen molar-refractivity contribution in [1.29, 1.82) is 0 Å². The zero-order chi connectivity index (χ0) is 15.5. The summed E-state index contributed by atoms with van der Waals surface area (Å²) in [6, 6.07) is 1.71. The van der Waals surface area contributed by atoms with Crippen LogP contribution in [-0.2, 0) is 11.3 Å². The number of rotatable bonds is 3. The van der Waals surface area contributed by atoms with Gasteiger partial charge in [-0.3, -0.25) is 14.7 Å². The number of piperidine rings is 1. The number of hydrogen-bond donors (Lipinski definition) is 1. The smallest absolute Gasteiger partial charge is 0.352 e. The van der Waals surface area contributed by atoms with E-state index in [2.05, 4.69) is 10.3 Å². The standard InChI is InChI=1S/C14H18F3N3O/c1-10(21)19-12-2-3-13(14(15,16)17)20(9-12)8-11-4-6-18-7-5-11/h4-7,12-13H,2-3,8-9H2,1H3,(H,19,21)/t12-,13+/m0/s1. The molecule has 0 spiro atoms. The molecule has 116 valence electrons. The van der Waals surface area contributed by atoms with Gasteiger partial charge in [0.05, 0.1) is 0 Å². The zero-order valence-electron chi connectivity index (χ0n) is 11.7. The van der Waals surface area contributed by atoms with E-state index in [4.69, 9.17) is 0 Å². The fourth-order valence-corrected chi connectivity index (χ4v) is 2.72. The lowest BCUT2D eigenvalue weighted by atomic mass is 9.97. The van der Waals surface area contributed by atoms with Gasteiger partial charge in [-0.05, 0) is 30.5 Å². The number of carbonyl (C=O) groups is 1. The summed E-state index contributed by atoms with van der Waals surface area (Å²) in [5, 5.41) is 2.71. The summed E-state index contributed by atoms with van der Waals surface area (Å²) in [4.78, 5) is 16.3. The average molecular weight is 301 g/mol. The highest BCUT2D eigenvalue weighted by Crippen LogP contribution is 2.32. The highest BCUT2D eigenvalue weighted by Gasteiger charge is 2.46. The van der Waals surface area contributed by atoms with Crippen molar-refractivity contribution in [3.8, 4) is 0 Å². The summed E-state index contributed by atoms with van der Waals surface area (Å²) in [5.41, 5.74) is 0.780. The Morgan fingerprint density at radius 1 is 1.38 bits per heavy atom. The third-order valence-electron chi connectivity index (χ3n) is 3.60. The molecular weight excluding hydrogens is 283 g/mol. The summed E-state index contributed by atoms with van der Waals surface area (Å²) >= 11 is 0. The summed E-state index contributed by atoms with van der Waals surface area (Å²) in [6.45, 7) is 1.78. The molecule has 1 aromatic rings. The van der Waals surface area contributed by atoms with E-state index in [1.54, 1.807) is 24.5 Å². The molecule has 1 aliphatic heterocycles. The number of hydrogen-bond acceptors (Lipinski definition) is 3. The van der Waals surface area contributed by atoms with Crippen LogP contribution in [0.1, 0.15) is 25.3 Å². The van der Waals surface area contributed by atoms with Crippen LogP contribution in [0, 0.1) is 0 Å². The molecule has 1 aromatic heterocycles. The van der Waals surface area contributed by atoms with Crippen molar-refractivity contribution in [1.82, 2.24) is 15.2 Å². The van der Waals surface area contributed by atoms with Crippen LogP contribution in [0.4, 0.5) is 13.2 Å². The molecule has 2 heterocycles. The molecule has 0 radical (unpaired) electrons. The van der Waals surface area contributed by atoms with Crippen LogP contribution in [0.2, 0.25) is 0 Å². The normalized spacial score (nSPS) is 23.8. The Balaban J connectivity index is 2.11. The van der Waals surface area contributed by atoms with Gasteiger partial charge in [-0.2, -0.15) is 13.2 Å². The minimum absolute atomic E-state index is 0.000466. The molecule has 2 rings (SSSR count). The molecule has 7 heteroatoms. The Hall–Kier alpha value is -1.63. The second-order valence-corrected chi connectivity index (χ2v) is 5.32. The molecular formula is C14H18F3N3O. The molecule has 0 aromatic carbocycles. The van der Waals surface area contributed by atoms with E-state index >= 15 is 0 Å². The van der Waals surface area contributed by atoms with Gasteiger partial charge in [-0.15, -0.1) is 0 Å². The van der Waals surface area contributed by atoms with Crippen LogP contribution >= 0.6 is 0 Å². The van der Waals surface area contributed by atoms with Crippen LogP contribution < -0.4 is 5.32 Å². The first-order chi connectivity index (χ1) is 9.86. The maximum absolute atomic E-state index is 13.1. The SMILES string of the molecule is CC(=O)N[C@H]1CC[C@H](C(F)(F)F)N(Cc2ccncc2)C1. The summed E-state index contributed by atoms with van der Waals surface area (Å²) < 4.78 is 39.4. The molecule has 4 nitrogen and oxygen atoms in total. The van der Waals surface area contributed by atoms with E-state index in [1.165, 1.54) is 11.8 Å². The number of likely N-dealkylation sites (tertiary alicyclic amines) is 1. The Labute approximate surface area is 121 Å². The number of amides is 1. The Morgan fingerprint density at radius 2 is 2.05 bits per heavy atom. The van der Waals surface area contributed by atoms with Crippen molar-refractivity contribution in [2.45, 2.75) is 44.6 Å². The van der Waals surface area contributed by atoms with E-state index in [-0.39, 0.29) is 31.5 Å². The number of pyridine rings is 1. The van der Waals surface area contributed by atoms with Gasteiger partial charge < -0.3 is 5.32 Å². The van der Waals surface area contributed by atoms with E-state index in [0.717, 1.165) is 5.56 Å². The zero-order valence-corrected chi connectivity index (χ0v) is 11.7. The van der Waals surface area contributed by atoms with Gasteiger partial charge in [0, 0.05) is 38.4 Å². The van der Waals surface area contributed by atoms with Gasteiger partial charge in [-0.1, -0.05) is 0 Å². The molecule has 0 aliphatic carbocycles. The van der Waals surface area contributed by atoms with Crippen molar-refractivity contribution in [3.05, 3.63) is 30.1 Å².